The molecule has 1 atom stereocenters. The normalized spacial score (nSPS) is 24.6. The highest BCUT2D eigenvalue weighted by Crippen LogP contribution is 2.41. The van der Waals surface area contributed by atoms with Gasteiger partial charge in [-0.2, -0.15) is 0 Å². The van der Waals surface area contributed by atoms with Gasteiger partial charge in [0.2, 0.25) is 0 Å². The molecule has 1 aromatic carbocycles. The summed E-state index contributed by atoms with van der Waals surface area (Å²) in [6, 6.07) is 10.3. The number of hydrogen-bond donors (Lipinski definition) is 0. The quantitative estimate of drug-likeness (QED) is 0.512. The van der Waals surface area contributed by atoms with Crippen LogP contribution in [-0.4, -0.2) is 12.1 Å². The molecule has 0 radical (unpaired) electrons. The first-order chi connectivity index (χ1) is 5.87. The zero-order chi connectivity index (χ0) is 8.44. The van der Waals surface area contributed by atoms with E-state index in [-0.39, 0.29) is 11.1 Å². The number of ether oxygens (including phenoxy) is 1. The van der Waals surface area contributed by atoms with Gasteiger partial charge in [-0.25, -0.2) is 0 Å². The lowest BCUT2D eigenvalue weighted by atomic mass is 9.97. The zero-order valence-corrected chi connectivity index (χ0v) is 7.49. The van der Waals surface area contributed by atoms with Gasteiger partial charge in [-0.05, 0) is 5.56 Å². The molecule has 1 unspecified atom stereocenters. The first-order valence-corrected chi connectivity index (χ1v) is 4.18. The lowest BCUT2D eigenvalue weighted by molar-refractivity contribution is 0.310. The van der Waals surface area contributed by atoms with Gasteiger partial charge >= 0.3 is 0 Å². The molecule has 0 amide bonds. The highest BCUT2D eigenvalue weighted by molar-refractivity contribution is 5.27. The van der Waals surface area contributed by atoms with Gasteiger partial charge in [0.05, 0.1) is 6.61 Å². The van der Waals surface area contributed by atoms with Gasteiger partial charge < -0.3 is 10.2 Å². The second kappa shape index (κ2) is 3.73. The van der Waals surface area contributed by atoms with Crippen molar-refractivity contribution < 1.29 is 10.2 Å². The Bertz CT molecular complexity index is 275. The Morgan fingerprint density at radius 2 is 2.00 bits per heavy atom. The first-order valence-electron chi connectivity index (χ1n) is 4.18. The molecule has 1 aliphatic rings. The zero-order valence-electron chi connectivity index (χ0n) is 7.49. The highest BCUT2D eigenvalue weighted by Gasteiger charge is 2.44. The molecule has 0 saturated carbocycles. The van der Waals surface area contributed by atoms with Crippen LogP contribution in [0.2, 0.25) is 0 Å². The van der Waals surface area contributed by atoms with Gasteiger partial charge in [0.25, 0.3) is 0 Å². The monoisotopic (exact) mass is 178 g/mol. The maximum Gasteiger partial charge on any atom is 0.120 e. The minimum absolute atomic E-state index is 0. The second-order valence-electron chi connectivity index (χ2n) is 3.14. The number of benzene rings is 1. The van der Waals surface area contributed by atoms with E-state index in [2.05, 4.69) is 18.7 Å². The molecule has 2 nitrogen and oxygen atoms in total. The van der Waals surface area contributed by atoms with Crippen molar-refractivity contribution in [2.24, 2.45) is 0 Å². The fourth-order valence-corrected chi connectivity index (χ4v) is 1.46. The van der Waals surface area contributed by atoms with Crippen LogP contribution in [0.1, 0.15) is 12.0 Å². The van der Waals surface area contributed by atoms with E-state index >= 15 is 0 Å². The molecule has 1 heterocycles. The largest absolute Gasteiger partial charge is 0.412 e. The van der Waals surface area contributed by atoms with Crippen molar-refractivity contribution in [1.29, 1.82) is 0 Å². The molecule has 2 heteroatoms. The Hall–Kier alpha value is -1.12. The SMILES string of the molecule is C=CCC1(c2ccccc2)CO1.O. The van der Waals surface area contributed by atoms with Crippen molar-refractivity contribution in [1.82, 2.24) is 0 Å². The Kier molecular flexibility index (Phi) is 2.86. The van der Waals surface area contributed by atoms with Gasteiger partial charge in [-0.1, -0.05) is 36.4 Å². The highest BCUT2D eigenvalue weighted by atomic mass is 16.6. The second-order valence-corrected chi connectivity index (χ2v) is 3.14. The molecule has 1 aliphatic heterocycles. The summed E-state index contributed by atoms with van der Waals surface area (Å²) in [6.45, 7) is 4.57. The minimum atomic E-state index is -0.0248. The van der Waals surface area contributed by atoms with Crippen molar-refractivity contribution >= 4 is 0 Å². The van der Waals surface area contributed by atoms with Crippen molar-refractivity contribution in [2.45, 2.75) is 12.0 Å². The van der Waals surface area contributed by atoms with Crippen molar-refractivity contribution in [3.05, 3.63) is 48.6 Å². The molecule has 0 aliphatic carbocycles. The summed E-state index contributed by atoms with van der Waals surface area (Å²) in [4.78, 5) is 0. The van der Waals surface area contributed by atoms with Crippen LogP contribution in [0.25, 0.3) is 0 Å². The average molecular weight is 178 g/mol. The van der Waals surface area contributed by atoms with Crippen LogP contribution in [-0.2, 0) is 10.3 Å². The van der Waals surface area contributed by atoms with E-state index in [1.165, 1.54) is 5.56 Å². The molecule has 0 bridgehead atoms. The molecule has 1 aromatic rings. The third-order valence-corrected chi connectivity index (χ3v) is 2.27. The predicted molar refractivity (Wildman–Crippen MR) is 52.5 cm³/mol. The van der Waals surface area contributed by atoms with Gasteiger partial charge in [-0.15, -0.1) is 6.58 Å². The molecule has 1 saturated heterocycles. The fraction of sp³-hybridized carbons (Fsp3) is 0.273. The van der Waals surface area contributed by atoms with Crippen molar-refractivity contribution in [3.8, 4) is 0 Å². The van der Waals surface area contributed by atoms with E-state index in [4.69, 9.17) is 4.74 Å². The Morgan fingerprint density at radius 3 is 2.46 bits per heavy atom. The van der Waals surface area contributed by atoms with Crippen LogP contribution in [0.3, 0.4) is 0 Å². The van der Waals surface area contributed by atoms with Crippen molar-refractivity contribution in [2.75, 3.05) is 6.61 Å². The molecule has 0 spiro atoms. The lowest BCUT2D eigenvalue weighted by Gasteiger charge is -2.08. The number of hydrogen-bond acceptors (Lipinski definition) is 1. The number of epoxide rings is 1. The molecule has 2 N–H and O–H groups in total. The Labute approximate surface area is 78.2 Å². The van der Waals surface area contributed by atoms with Crippen LogP contribution in [0.4, 0.5) is 0 Å². The topological polar surface area (TPSA) is 44.0 Å². The summed E-state index contributed by atoms with van der Waals surface area (Å²) < 4.78 is 5.45. The minimum Gasteiger partial charge on any atom is -0.412 e. The van der Waals surface area contributed by atoms with E-state index < -0.39 is 0 Å². The average Bonchev–Trinajstić information content (AvgIpc) is 2.88. The molecule has 13 heavy (non-hydrogen) atoms. The lowest BCUT2D eigenvalue weighted by Crippen LogP contribution is -2.06. The summed E-state index contributed by atoms with van der Waals surface area (Å²) >= 11 is 0. The summed E-state index contributed by atoms with van der Waals surface area (Å²) in [5, 5.41) is 0. The smallest absolute Gasteiger partial charge is 0.120 e. The van der Waals surface area contributed by atoms with Gasteiger partial charge in [0.15, 0.2) is 0 Å². The van der Waals surface area contributed by atoms with Crippen LogP contribution >= 0.6 is 0 Å². The van der Waals surface area contributed by atoms with Crippen LogP contribution in [0.5, 0.6) is 0 Å². The maximum atomic E-state index is 5.45. The van der Waals surface area contributed by atoms with E-state index in [0.29, 0.717) is 0 Å². The van der Waals surface area contributed by atoms with Crippen LogP contribution < -0.4 is 0 Å². The first kappa shape index (κ1) is 9.96. The Balaban J connectivity index is 0.000000845. The van der Waals surface area contributed by atoms with E-state index in [9.17, 15) is 0 Å². The fourth-order valence-electron chi connectivity index (χ4n) is 1.46. The molecular weight excluding hydrogens is 164 g/mol. The van der Waals surface area contributed by atoms with E-state index in [1.807, 2.05) is 24.3 Å². The van der Waals surface area contributed by atoms with E-state index in [1.54, 1.807) is 0 Å². The van der Waals surface area contributed by atoms with Crippen LogP contribution in [0.15, 0.2) is 43.0 Å². The molecular formula is C11H14O2. The van der Waals surface area contributed by atoms with Crippen molar-refractivity contribution in [3.63, 3.8) is 0 Å². The summed E-state index contributed by atoms with van der Waals surface area (Å²) in [5.74, 6) is 0. The third kappa shape index (κ3) is 1.79. The Morgan fingerprint density at radius 1 is 1.38 bits per heavy atom. The van der Waals surface area contributed by atoms with Gasteiger partial charge in [-0.3, -0.25) is 0 Å². The van der Waals surface area contributed by atoms with E-state index in [0.717, 1.165) is 13.0 Å². The number of rotatable bonds is 3. The summed E-state index contributed by atoms with van der Waals surface area (Å²) in [6.07, 6.45) is 2.83. The standard InChI is InChI=1S/C11H12O.H2O/c1-2-8-11(9-12-11)10-6-4-3-5-7-10;/h2-7H,1,8-9H2;1H2. The van der Waals surface area contributed by atoms with Gasteiger partial charge in [0, 0.05) is 6.42 Å². The summed E-state index contributed by atoms with van der Waals surface area (Å²) in [5.41, 5.74) is 1.24. The molecule has 70 valence electrons. The third-order valence-electron chi connectivity index (χ3n) is 2.27. The van der Waals surface area contributed by atoms with Crippen LogP contribution in [0, 0.1) is 0 Å². The molecule has 0 aromatic heterocycles. The predicted octanol–water partition coefficient (Wildman–Crippen LogP) is 1.66. The summed E-state index contributed by atoms with van der Waals surface area (Å²) in [7, 11) is 0. The maximum absolute atomic E-state index is 5.45. The molecule has 2 rings (SSSR count). The van der Waals surface area contributed by atoms with Gasteiger partial charge in [0.1, 0.15) is 5.60 Å². The molecule has 1 fully saturated rings.